The lowest BCUT2D eigenvalue weighted by molar-refractivity contribution is -0.132. The molecule has 1 N–H and O–H groups in total. The second kappa shape index (κ2) is 5.89. The molecule has 1 aromatic rings. The molecule has 0 saturated carbocycles. The molecule has 6 nitrogen and oxygen atoms in total. The highest BCUT2D eigenvalue weighted by Crippen LogP contribution is 2.21. The fraction of sp³-hybridized carbons (Fsp3) is 0.600. The van der Waals surface area contributed by atoms with E-state index >= 15 is 0 Å². The maximum Gasteiger partial charge on any atom is 0.352 e. The first-order valence-corrected chi connectivity index (χ1v) is 7.55. The van der Waals surface area contributed by atoms with Crippen LogP contribution in [0, 0.1) is 0 Å². The summed E-state index contributed by atoms with van der Waals surface area (Å²) >= 11 is 0. The second-order valence-electron chi connectivity index (χ2n) is 5.85. The van der Waals surface area contributed by atoms with Gasteiger partial charge < -0.3 is 14.6 Å². The lowest BCUT2D eigenvalue weighted by Gasteiger charge is -2.26. The average Bonchev–Trinajstić information content (AvgIpc) is 3.03. The first kappa shape index (κ1) is 14.1. The van der Waals surface area contributed by atoms with E-state index in [1.807, 2.05) is 4.90 Å². The molecule has 2 fully saturated rings. The van der Waals surface area contributed by atoms with E-state index in [1.54, 1.807) is 12.3 Å². The molecule has 0 radical (unpaired) electrons. The molecule has 6 heteroatoms. The number of carboxylic acids is 1. The van der Waals surface area contributed by atoms with Gasteiger partial charge in [0.05, 0.1) is 0 Å². The second-order valence-corrected chi connectivity index (χ2v) is 5.85. The third-order valence-corrected chi connectivity index (χ3v) is 4.51. The molecule has 0 aliphatic carbocycles. The highest BCUT2D eigenvalue weighted by molar-refractivity contribution is 5.86. The molecule has 0 spiro atoms. The summed E-state index contributed by atoms with van der Waals surface area (Å²) < 4.78 is 1.52. The average molecular weight is 291 g/mol. The van der Waals surface area contributed by atoms with Gasteiger partial charge in [-0.3, -0.25) is 9.69 Å². The molecule has 0 aromatic carbocycles. The van der Waals surface area contributed by atoms with Crippen molar-refractivity contribution < 1.29 is 14.7 Å². The van der Waals surface area contributed by atoms with E-state index in [1.165, 1.54) is 17.1 Å². The Morgan fingerprint density at radius 1 is 1.24 bits per heavy atom. The molecule has 3 heterocycles. The molecule has 21 heavy (non-hydrogen) atoms. The summed E-state index contributed by atoms with van der Waals surface area (Å²) in [6.07, 6.45) is 5.03. The Bertz CT molecular complexity index is 540. The smallest absolute Gasteiger partial charge is 0.352 e. The van der Waals surface area contributed by atoms with Gasteiger partial charge in [0, 0.05) is 31.9 Å². The van der Waals surface area contributed by atoms with Crippen molar-refractivity contribution >= 4 is 11.9 Å². The number of amides is 1. The molecular weight excluding hydrogens is 270 g/mol. The number of carboxylic acid groups (broad SMARTS) is 1. The number of hydrogen-bond donors (Lipinski definition) is 1. The quantitative estimate of drug-likeness (QED) is 0.898. The van der Waals surface area contributed by atoms with Crippen molar-refractivity contribution in [1.82, 2.24) is 14.4 Å². The first-order valence-electron chi connectivity index (χ1n) is 7.55. The number of rotatable bonds is 3. The largest absolute Gasteiger partial charge is 0.477 e. The zero-order valence-electron chi connectivity index (χ0n) is 12.1. The summed E-state index contributed by atoms with van der Waals surface area (Å²) in [5.74, 6) is -0.979. The maximum atomic E-state index is 12.5. The van der Waals surface area contributed by atoms with E-state index < -0.39 is 5.97 Å². The summed E-state index contributed by atoms with van der Waals surface area (Å²) in [7, 11) is 0. The Kier molecular flexibility index (Phi) is 3.96. The normalized spacial score (nSPS) is 22.9. The van der Waals surface area contributed by atoms with Gasteiger partial charge in [-0.05, 0) is 37.9 Å². The van der Waals surface area contributed by atoms with Gasteiger partial charge in [0.25, 0.3) is 0 Å². The van der Waals surface area contributed by atoms with Crippen molar-refractivity contribution in [3.63, 3.8) is 0 Å². The third-order valence-electron chi connectivity index (χ3n) is 4.51. The zero-order chi connectivity index (χ0) is 14.8. The number of carbonyl (C=O) groups is 2. The summed E-state index contributed by atoms with van der Waals surface area (Å²) in [6, 6.07) is 3.68. The molecule has 1 unspecified atom stereocenters. The van der Waals surface area contributed by atoms with Crippen LogP contribution in [-0.2, 0) is 11.3 Å². The molecule has 2 saturated heterocycles. The highest BCUT2D eigenvalue weighted by Gasteiger charge is 2.30. The van der Waals surface area contributed by atoms with Crippen LogP contribution < -0.4 is 0 Å². The van der Waals surface area contributed by atoms with E-state index in [-0.39, 0.29) is 18.1 Å². The SMILES string of the molecule is O=C(O)c1cccn1CC(=O)N1CCCN2CCCC2C1. The van der Waals surface area contributed by atoms with Crippen molar-refractivity contribution in [2.45, 2.75) is 31.8 Å². The fourth-order valence-electron chi connectivity index (χ4n) is 3.42. The third kappa shape index (κ3) is 2.95. The summed E-state index contributed by atoms with van der Waals surface area (Å²) in [5, 5.41) is 9.09. The maximum absolute atomic E-state index is 12.5. The van der Waals surface area contributed by atoms with Gasteiger partial charge in [-0.1, -0.05) is 0 Å². The molecule has 2 aliphatic rings. The van der Waals surface area contributed by atoms with Crippen molar-refractivity contribution in [1.29, 1.82) is 0 Å². The van der Waals surface area contributed by atoms with Crippen LogP contribution in [0.15, 0.2) is 18.3 Å². The van der Waals surface area contributed by atoms with Crippen molar-refractivity contribution in [3.05, 3.63) is 24.0 Å². The number of nitrogens with zero attached hydrogens (tertiary/aromatic N) is 3. The van der Waals surface area contributed by atoms with Crippen LogP contribution in [0.25, 0.3) is 0 Å². The Morgan fingerprint density at radius 3 is 2.86 bits per heavy atom. The van der Waals surface area contributed by atoms with E-state index in [9.17, 15) is 9.59 Å². The number of aromatic nitrogens is 1. The van der Waals surface area contributed by atoms with Gasteiger partial charge in [-0.15, -0.1) is 0 Å². The number of hydrogen-bond acceptors (Lipinski definition) is 3. The molecule has 2 aliphatic heterocycles. The Hall–Kier alpha value is -1.82. The summed E-state index contributed by atoms with van der Waals surface area (Å²) in [4.78, 5) is 28.0. The Labute approximate surface area is 123 Å². The summed E-state index contributed by atoms with van der Waals surface area (Å²) in [6.45, 7) is 3.88. The minimum atomic E-state index is -0.995. The number of aromatic carboxylic acids is 1. The van der Waals surface area contributed by atoms with Crippen LogP contribution >= 0.6 is 0 Å². The standard InChI is InChI=1S/C15H21N3O3/c19-14(11-17-7-2-5-13(17)15(20)21)18-9-3-8-16-6-1-4-12(16)10-18/h2,5,7,12H,1,3-4,6,8-11H2,(H,20,21). The number of fused-ring (bicyclic) bond motifs is 1. The molecule has 0 bridgehead atoms. The summed E-state index contributed by atoms with van der Waals surface area (Å²) in [5.41, 5.74) is 0.167. The van der Waals surface area contributed by atoms with Crippen LogP contribution in [0.1, 0.15) is 29.8 Å². The lowest BCUT2D eigenvalue weighted by Crippen LogP contribution is -2.41. The van der Waals surface area contributed by atoms with Crippen molar-refractivity contribution in [3.8, 4) is 0 Å². The molecule has 114 valence electrons. The monoisotopic (exact) mass is 291 g/mol. The zero-order valence-corrected chi connectivity index (χ0v) is 12.1. The number of carbonyl (C=O) groups excluding carboxylic acids is 1. The van der Waals surface area contributed by atoms with Crippen molar-refractivity contribution in [2.75, 3.05) is 26.2 Å². The van der Waals surface area contributed by atoms with Gasteiger partial charge in [-0.25, -0.2) is 4.79 Å². The molecule has 1 aromatic heterocycles. The van der Waals surface area contributed by atoms with E-state index in [2.05, 4.69) is 4.90 Å². The predicted octanol–water partition coefficient (Wildman–Crippen LogP) is 0.883. The van der Waals surface area contributed by atoms with Crippen LogP contribution in [0.4, 0.5) is 0 Å². The van der Waals surface area contributed by atoms with Gasteiger partial charge in [-0.2, -0.15) is 0 Å². The first-order chi connectivity index (χ1) is 10.1. The minimum absolute atomic E-state index is 0.0162. The minimum Gasteiger partial charge on any atom is -0.477 e. The predicted molar refractivity (Wildman–Crippen MR) is 77.2 cm³/mol. The fourth-order valence-corrected chi connectivity index (χ4v) is 3.42. The van der Waals surface area contributed by atoms with Crippen LogP contribution in [0.5, 0.6) is 0 Å². The lowest BCUT2D eigenvalue weighted by atomic mass is 10.2. The van der Waals surface area contributed by atoms with E-state index in [0.29, 0.717) is 6.04 Å². The van der Waals surface area contributed by atoms with Gasteiger partial charge in [0.2, 0.25) is 5.91 Å². The van der Waals surface area contributed by atoms with E-state index in [4.69, 9.17) is 5.11 Å². The van der Waals surface area contributed by atoms with Crippen molar-refractivity contribution in [2.24, 2.45) is 0 Å². The van der Waals surface area contributed by atoms with Gasteiger partial charge in [0.15, 0.2) is 0 Å². The van der Waals surface area contributed by atoms with Gasteiger partial charge >= 0.3 is 5.97 Å². The van der Waals surface area contributed by atoms with E-state index in [0.717, 1.165) is 39.0 Å². The Balaban J connectivity index is 1.67. The Morgan fingerprint density at radius 2 is 2.05 bits per heavy atom. The molecular formula is C15H21N3O3. The molecule has 3 rings (SSSR count). The highest BCUT2D eigenvalue weighted by atomic mass is 16.4. The molecule has 1 atom stereocenters. The topological polar surface area (TPSA) is 65.8 Å². The van der Waals surface area contributed by atoms with Gasteiger partial charge in [0.1, 0.15) is 12.2 Å². The molecule has 1 amide bonds. The van der Waals surface area contributed by atoms with Crippen LogP contribution in [-0.4, -0.2) is 63.6 Å². The van der Waals surface area contributed by atoms with Crippen LogP contribution in [0.2, 0.25) is 0 Å². The van der Waals surface area contributed by atoms with Crippen LogP contribution in [0.3, 0.4) is 0 Å².